The molecule has 26 heavy (non-hydrogen) atoms. The lowest BCUT2D eigenvalue weighted by atomic mass is 10.1. The first-order valence-corrected chi connectivity index (χ1v) is 9.04. The highest BCUT2D eigenvalue weighted by Gasteiger charge is 2.21. The minimum Gasteiger partial charge on any atom is -0.368 e. The Kier molecular flexibility index (Phi) is 5.78. The van der Waals surface area contributed by atoms with Gasteiger partial charge in [0.05, 0.1) is 6.54 Å². The van der Waals surface area contributed by atoms with Crippen LogP contribution in [0.5, 0.6) is 0 Å². The van der Waals surface area contributed by atoms with Gasteiger partial charge in [-0.3, -0.25) is 9.59 Å². The average molecular weight is 372 g/mol. The van der Waals surface area contributed by atoms with E-state index in [2.05, 4.69) is 10.2 Å². The zero-order valence-electron chi connectivity index (χ0n) is 14.7. The molecule has 6 heteroatoms. The summed E-state index contributed by atoms with van der Waals surface area (Å²) in [6.45, 7) is 4.74. The second-order valence-electron chi connectivity index (χ2n) is 6.40. The van der Waals surface area contributed by atoms with Crippen molar-refractivity contribution in [2.24, 2.45) is 0 Å². The second-order valence-corrected chi connectivity index (χ2v) is 6.83. The molecule has 2 aromatic rings. The topological polar surface area (TPSA) is 52.7 Å². The molecule has 3 rings (SSSR count). The van der Waals surface area contributed by atoms with E-state index in [-0.39, 0.29) is 18.4 Å². The normalized spacial score (nSPS) is 14.2. The summed E-state index contributed by atoms with van der Waals surface area (Å²) in [7, 11) is 0. The summed E-state index contributed by atoms with van der Waals surface area (Å²) >= 11 is 6.04. The predicted octanol–water partition coefficient (Wildman–Crippen LogP) is 2.73. The summed E-state index contributed by atoms with van der Waals surface area (Å²) < 4.78 is 0. The van der Waals surface area contributed by atoms with E-state index in [9.17, 15) is 9.59 Å². The number of carbonyl (C=O) groups is 2. The van der Waals surface area contributed by atoms with E-state index in [4.69, 9.17) is 11.6 Å². The summed E-state index contributed by atoms with van der Waals surface area (Å²) in [5.74, 6) is -0.285. The number of hydrogen-bond donors (Lipinski definition) is 1. The maximum Gasteiger partial charge on any atom is 0.251 e. The minimum atomic E-state index is -0.226. The number of hydrogen-bond acceptors (Lipinski definition) is 3. The van der Waals surface area contributed by atoms with Gasteiger partial charge in [0, 0.05) is 42.5 Å². The van der Waals surface area contributed by atoms with Crippen LogP contribution in [-0.4, -0.2) is 49.4 Å². The fourth-order valence-electron chi connectivity index (χ4n) is 2.96. The molecule has 0 bridgehead atoms. The molecule has 5 nitrogen and oxygen atoms in total. The monoisotopic (exact) mass is 371 g/mol. The molecule has 2 amide bonds. The Labute approximate surface area is 158 Å². The number of amides is 2. The first kappa shape index (κ1) is 18.3. The predicted molar refractivity (Wildman–Crippen MR) is 104 cm³/mol. The van der Waals surface area contributed by atoms with E-state index >= 15 is 0 Å². The quantitative estimate of drug-likeness (QED) is 0.899. The number of piperazine rings is 1. The van der Waals surface area contributed by atoms with Crippen molar-refractivity contribution < 1.29 is 9.59 Å². The number of nitrogens with zero attached hydrogens (tertiary/aromatic N) is 2. The molecule has 0 aliphatic carbocycles. The van der Waals surface area contributed by atoms with Crippen LogP contribution in [0.2, 0.25) is 5.02 Å². The van der Waals surface area contributed by atoms with Gasteiger partial charge in [-0.05, 0) is 37.3 Å². The first-order valence-electron chi connectivity index (χ1n) is 8.66. The van der Waals surface area contributed by atoms with Gasteiger partial charge in [0.25, 0.3) is 5.91 Å². The van der Waals surface area contributed by atoms with Crippen LogP contribution in [0.15, 0.2) is 48.5 Å². The second kappa shape index (κ2) is 8.23. The van der Waals surface area contributed by atoms with Crippen LogP contribution >= 0.6 is 11.6 Å². The Morgan fingerprint density at radius 2 is 1.73 bits per heavy atom. The lowest BCUT2D eigenvalue weighted by molar-refractivity contribution is -0.130. The highest BCUT2D eigenvalue weighted by Crippen LogP contribution is 2.20. The number of nitrogens with one attached hydrogen (secondary N) is 1. The van der Waals surface area contributed by atoms with Crippen LogP contribution < -0.4 is 10.2 Å². The van der Waals surface area contributed by atoms with Gasteiger partial charge in [0.15, 0.2) is 0 Å². The van der Waals surface area contributed by atoms with Crippen LogP contribution in [0.3, 0.4) is 0 Å². The Balaban J connectivity index is 1.47. The SMILES string of the molecule is Cc1ccc(C(=O)NCC(=O)N2CCN(c3cccc(Cl)c3)CC2)cc1. The van der Waals surface area contributed by atoms with Gasteiger partial charge in [-0.1, -0.05) is 35.4 Å². The van der Waals surface area contributed by atoms with Crippen molar-refractivity contribution in [2.45, 2.75) is 6.92 Å². The van der Waals surface area contributed by atoms with Gasteiger partial charge in [-0.15, -0.1) is 0 Å². The molecule has 0 aromatic heterocycles. The van der Waals surface area contributed by atoms with E-state index in [1.807, 2.05) is 43.3 Å². The number of rotatable bonds is 4. The number of aryl methyl sites for hydroxylation is 1. The molecule has 0 saturated carbocycles. The molecule has 1 aliphatic heterocycles. The molecule has 0 atom stereocenters. The average Bonchev–Trinajstić information content (AvgIpc) is 2.66. The highest BCUT2D eigenvalue weighted by molar-refractivity contribution is 6.30. The number of carbonyl (C=O) groups excluding carboxylic acids is 2. The molecule has 136 valence electrons. The van der Waals surface area contributed by atoms with E-state index in [1.54, 1.807) is 17.0 Å². The summed E-state index contributed by atoms with van der Waals surface area (Å²) in [5, 5.41) is 3.41. The molecule has 1 N–H and O–H groups in total. The molecular formula is C20H22ClN3O2. The van der Waals surface area contributed by atoms with Crippen molar-refractivity contribution in [1.82, 2.24) is 10.2 Å². The maximum absolute atomic E-state index is 12.4. The summed E-state index contributed by atoms with van der Waals surface area (Å²) in [6.07, 6.45) is 0. The van der Waals surface area contributed by atoms with Gasteiger partial charge in [0.2, 0.25) is 5.91 Å². The van der Waals surface area contributed by atoms with Crippen molar-refractivity contribution in [3.8, 4) is 0 Å². The van der Waals surface area contributed by atoms with Gasteiger partial charge in [-0.25, -0.2) is 0 Å². The van der Waals surface area contributed by atoms with Gasteiger partial charge in [-0.2, -0.15) is 0 Å². The number of benzene rings is 2. The van der Waals surface area contributed by atoms with Crippen LogP contribution in [0.4, 0.5) is 5.69 Å². The van der Waals surface area contributed by atoms with E-state index in [0.29, 0.717) is 23.7 Å². The van der Waals surface area contributed by atoms with Crippen molar-refractivity contribution >= 4 is 29.1 Å². The van der Waals surface area contributed by atoms with Crippen LogP contribution in [0.1, 0.15) is 15.9 Å². The lowest BCUT2D eigenvalue weighted by Crippen LogP contribution is -2.51. The van der Waals surface area contributed by atoms with Crippen molar-refractivity contribution in [3.63, 3.8) is 0 Å². The van der Waals surface area contributed by atoms with Gasteiger partial charge in [0.1, 0.15) is 0 Å². The molecular weight excluding hydrogens is 350 g/mol. The fraction of sp³-hybridized carbons (Fsp3) is 0.300. The van der Waals surface area contributed by atoms with Crippen LogP contribution in [0, 0.1) is 6.92 Å². The lowest BCUT2D eigenvalue weighted by Gasteiger charge is -2.36. The Hall–Kier alpha value is -2.53. The zero-order valence-corrected chi connectivity index (χ0v) is 15.5. The Morgan fingerprint density at radius 1 is 1.04 bits per heavy atom. The molecule has 1 aliphatic rings. The minimum absolute atomic E-state index is 0.0177. The van der Waals surface area contributed by atoms with E-state index in [1.165, 1.54) is 0 Å². The van der Waals surface area contributed by atoms with Crippen molar-refractivity contribution in [1.29, 1.82) is 0 Å². The third kappa shape index (κ3) is 4.55. The summed E-state index contributed by atoms with van der Waals surface area (Å²) in [6, 6.07) is 15.0. The number of halogens is 1. The zero-order chi connectivity index (χ0) is 18.5. The van der Waals surface area contributed by atoms with Crippen LogP contribution in [0.25, 0.3) is 0 Å². The molecule has 1 heterocycles. The fourth-order valence-corrected chi connectivity index (χ4v) is 3.15. The van der Waals surface area contributed by atoms with Crippen molar-refractivity contribution in [3.05, 3.63) is 64.7 Å². The molecule has 2 aromatic carbocycles. The molecule has 1 saturated heterocycles. The third-order valence-electron chi connectivity index (χ3n) is 4.52. The first-order chi connectivity index (χ1) is 12.5. The smallest absolute Gasteiger partial charge is 0.251 e. The summed E-state index contributed by atoms with van der Waals surface area (Å²) in [4.78, 5) is 28.5. The summed E-state index contributed by atoms with van der Waals surface area (Å²) in [5.41, 5.74) is 2.72. The highest BCUT2D eigenvalue weighted by atomic mass is 35.5. The van der Waals surface area contributed by atoms with Crippen molar-refractivity contribution in [2.75, 3.05) is 37.6 Å². The number of anilines is 1. The van der Waals surface area contributed by atoms with Crippen LogP contribution in [-0.2, 0) is 4.79 Å². The third-order valence-corrected chi connectivity index (χ3v) is 4.75. The van der Waals surface area contributed by atoms with Gasteiger partial charge >= 0.3 is 0 Å². The van der Waals surface area contributed by atoms with E-state index in [0.717, 1.165) is 24.3 Å². The molecule has 0 radical (unpaired) electrons. The van der Waals surface area contributed by atoms with E-state index < -0.39 is 0 Å². The molecule has 0 unspecified atom stereocenters. The van der Waals surface area contributed by atoms with Gasteiger partial charge < -0.3 is 15.1 Å². The molecule has 0 spiro atoms. The maximum atomic E-state index is 12.4. The Morgan fingerprint density at radius 3 is 2.38 bits per heavy atom. The largest absolute Gasteiger partial charge is 0.368 e. The standard InChI is InChI=1S/C20H22ClN3O2/c1-15-5-7-16(8-6-15)20(26)22-14-19(25)24-11-9-23(10-12-24)18-4-2-3-17(21)13-18/h2-8,13H,9-12,14H2,1H3,(H,22,26). The Bertz CT molecular complexity index is 784. The molecule has 1 fully saturated rings.